The van der Waals surface area contributed by atoms with Crippen LogP contribution < -0.4 is 5.73 Å². The minimum atomic E-state index is -0.490. The van der Waals surface area contributed by atoms with Crippen LogP contribution >= 0.6 is 0 Å². The molecule has 7 nitrogen and oxygen atoms in total. The van der Waals surface area contributed by atoms with Gasteiger partial charge >= 0.3 is 0 Å². The quantitative estimate of drug-likeness (QED) is 0.468. The van der Waals surface area contributed by atoms with Gasteiger partial charge in [0.05, 0.1) is 52.9 Å². The van der Waals surface area contributed by atoms with Gasteiger partial charge in [0, 0.05) is 6.61 Å². The Morgan fingerprint density at radius 3 is 1.95 bits per heavy atom. The lowest BCUT2D eigenvalue weighted by Crippen LogP contribution is -2.24. The minimum absolute atomic E-state index is 0.0117. The number of ether oxygens (including phenoxy) is 6. The predicted octanol–water partition coefficient (Wildman–Crippen LogP) is 0.553. The molecule has 2 N–H and O–H groups in total. The summed E-state index contributed by atoms with van der Waals surface area (Å²) < 4.78 is 32.7. The summed E-state index contributed by atoms with van der Waals surface area (Å²) in [6.07, 6.45) is 0.899. The molecule has 0 aromatic rings. The molecule has 1 rings (SSSR count). The van der Waals surface area contributed by atoms with Gasteiger partial charge in [0.1, 0.15) is 6.10 Å². The Balaban J connectivity index is 1.73. The lowest BCUT2D eigenvalue weighted by Gasteiger charge is -2.17. The van der Waals surface area contributed by atoms with Crippen molar-refractivity contribution in [2.45, 2.75) is 32.2 Å². The zero-order valence-electron chi connectivity index (χ0n) is 13.9. The zero-order chi connectivity index (χ0) is 16.1. The Morgan fingerprint density at radius 2 is 1.45 bits per heavy atom. The van der Waals surface area contributed by atoms with Crippen LogP contribution in [-0.2, 0) is 28.4 Å². The molecule has 0 aromatic carbocycles. The molecule has 22 heavy (non-hydrogen) atoms. The van der Waals surface area contributed by atoms with Crippen LogP contribution in [0.1, 0.15) is 20.3 Å². The maximum absolute atomic E-state index is 5.63. The third kappa shape index (κ3) is 10.4. The molecule has 7 heteroatoms. The number of hydrogen-bond acceptors (Lipinski definition) is 7. The third-order valence-electron chi connectivity index (χ3n) is 2.98. The van der Waals surface area contributed by atoms with E-state index in [1.807, 2.05) is 13.8 Å². The topological polar surface area (TPSA) is 81.4 Å². The minimum Gasteiger partial charge on any atom is -0.379 e. The molecule has 132 valence electrons. The van der Waals surface area contributed by atoms with Gasteiger partial charge in [0.15, 0.2) is 5.79 Å². The maximum atomic E-state index is 5.63. The van der Waals surface area contributed by atoms with Crippen molar-refractivity contribution >= 4 is 0 Å². The fourth-order valence-electron chi connectivity index (χ4n) is 1.91. The highest BCUT2D eigenvalue weighted by molar-refractivity contribution is 4.70. The van der Waals surface area contributed by atoms with E-state index >= 15 is 0 Å². The smallest absolute Gasteiger partial charge is 0.163 e. The summed E-state index contributed by atoms with van der Waals surface area (Å²) in [7, 11) is 0. The Kier molecular flexibility index (Phi) is 10.9. The highest BCUT2D eigenvalue weighted by Crippen LogP contribution is 2.22. The first-order valence-electron chi connectivity index (χ1n) is 7.97. The van der Waals surface area contributed by atoms with Crippen LogP contribution in [0.3, 0.4) is 0 Å². The van der Waals surface area contributed by atoms with E-state index in [1.165, 1.54) is 0 Å². The SMILES string of the molecule is CC1(C)OCC(COCCOCCOCCOCCCN)O1. The van der Waals surface area contributed by atoms with Crippen LogP contribution in [0.25, 0.3) is 0 Å². The molecule has 1 unspecified atom stereocenters. The second kappa shape index (κ2) is 12.2. The average Bonchev–Trinajstić information content (AvgIpc) is 2.83. The van der Waals surface area contributed by atoms with Gasteiger partial charge in [-0.3, -0.25) is 0 Å². The van der Waals surface area contributed by atoms with E-state index in [4.69, 9.17) is 34.2 Å². The molecule has 0 spiro atoms. The molecule has 0 aromatic heterocycles. The first-order valence-corrected chi connectivity index (χ1v) is 7.97. The van der Waals surface area contributed by atoms with E-state index < -0.39 is 5.79 Å². The standard InChI is InChI=1S/C15H31NO6/c1-15(2)21-13-14(22-15)12-20-11-10-19-9-8-18-7-6-17-5-3-4-16/h14H,3-13,16H2,1-2H3. The van der Waals surface area contributed by atoms with Crippen molar-refractivity contribution in [3.63, 3.8) is 0 Å². The Morgan fingerprint density at radius 1 is 0.909 bits per heavy atom. The molecule has 1 heterocycles. The number of nitrogens with two attached hydrogens (primary N) is 1. The first-order chi connectivity index (χ1) is 10.6. The van der Waals surface area contributed by atoms with E-state index in [0.29, 0.717) is 66.0 Å². The van der Waals surface area contributed by atoms with Crippen LogP contribution in [0.2, 0.25) is 0 Å². The van der Waals surface area contributed by atoms with Gasteiger partial charge in [-0.25, -0.2) is 0 Å². The molecule has 0 bridgehead atoms. The molecular formula is C15H31NO6. The van der Waals surface area contributed by atoms with Gasteiger partial charge in [0.25, 0.3) is 0 Å². The summed E-state index contributed by atoms with van der Waals surface area (Å²) in [5, 5.41) is 0. The molecule has 1 fully saturated rings. The second-order valence-corrected chi connectivity index (χ2v) is 5.50. The van der Waals surface area contributed by atoms with E-state index in [9.17, 15) is 0 Å². The van der Waals surface area contributed by atoms with Crippen molar-refractivity contribution in [2.24, 2.45) is 5.73 Å². The highest BCUT2D eigenvalue weighted by atomic mass is 16.7. The van der Waals surface area contributed by atoms with Crippen molar-refractivity contribution in [1.82, 2.24) is 0 Å². The summed E-state index contributed by atoms with van der Waals surface area (Å²) in [5.41, 5.74) is 5.36. The Labute approximate surface area is 133 Å². The molecule has 0 saturated carbocycles. The fourth-order valence-corrected chi connectivity index (χ4v) is 1.91. The van der Waals surface area contributed by atoms with Gasteiger partial charge in [-0.1, -0.05) is 0 Å². The van der Waals surface area contributed by atoms with E-state index in [1.54, 1.807) is 0 Å². The van der Waals surface area contributed by atoms with Crippen LogP contribution in [0.15, 0.2) is 0 Å². The lowest BCUT2D eigenvalue weighted by molar-refractivity contribution is -0.145. The molecular weight excluding hydrogens is 290 g/mol. The molecule has 1 saturated heterocycles. The lowest BCUT2D eigenvalue weighted by atomic mass is 10.4. The maximum Gasteiger partial charge on any atom is 0.163 e. The van der Waals surface area contributed by atoms with Gasteiger partial charge in [-0.15, -0.1) is 0 Å². The summed E-state index contributed by atoms with van der Waals surface area (Å²) >= 11 is 0. The van der Waals surface area contributed by atoms with Crippen molar-refractivity contribution < 1.29 is 28.4 Å². The third-order valence-corrected chi connectivity index (χ3v) is 2.98. The number of hydrogen-bond donors (Lipinski definition) is 1. The molecule has 0 aliphatic carbocycles. The molecule has 0 amide bonds. The number of rotatable bonds is 14. The highest BCUT2D eigenvalue weighted by Gasteiger charge is 2.32. The van der Waals surface area contributed by atoms with Gasteiger partial charge in [-0.2, -0.15) is 0 Å². The average molecular weight is 321 g/mol. The summed E-state index contributed by atoms with van der Waals surface area (Å²) in [6, 6.07) is 0. The van der Waals surface area contributed by atoms with Crippen LogP contribution in [0.4, 0.5) is 0 Å². The largest absolute Gasteiger partial charge is 0.379 e. The molecule has 1 aliphatic rings. The van der Waals surface area contributed by atoms with E-state index in [0.717, 1.165) is 6.42 Å². The van der Waals surface area contributed by atoms with Crippen LogP contribution in [0.5, 0.6) is 0 Å². The zero-order valence-corrected chi connectivity index (χ0v) is 13.9. The van der Waals surface area contributed by atoms with Crippen molar-refractivity contribution in [2.75, 3.05) is 66.0 Å². The van der Waals surface area contributed by atoms with Gasteiger partial charge < -0.3 is 34.2 Å². The van der Waals surface area contributed by atoms with Gasteiger partial charge in [0.2, 0.25) is 0 Å². The monoisotopic (exact) mass is 321 g/mol. The van der Waals surface area contributed by atoms with E-state index in [2.05, 4.69) is 0 Å². The van der Waals surface area contributed by atoms with Crippen molar-refractivity contribution in [3.8, 4) is 0 Å². The first kappa shape index (κ1) is 19.8. The Hall–Kier alpha value is -0.280. The summed E-state index contributed by atoms with van der Waals surface area (Å²) in [6.45, 7) is 9.67. The molecule has 0 radical (unpaired) electrons. The summed E-state index contributed by atoms with van der Waals surface area (Å²) in [4.78, 5) is 0. The molecule has 1 atom stereocenters. The Bertz CT molecular complexity index is 264. The fraction of sp³-hybridized carbons (Fsp3) is 1.00. The summed E-state index contributed by atoms with van der Waals surface area (Å²) in [5.74, 6) is -0.490. The van der Waals surface area contributed by atoms with Crippen LogP contribution in [0, 0.1) is 0 Å². The van der Waals surface area contributed by atoms with Gasteiger partial charge in [-0.05, 0) is 26.8 Å². The van der Waals surface area contributed by atoms with E-state index in [-0.39, 0.29) is 6.10 Å². The second-order valence-electron chi connectivity index (χ2n) is 5.50. The van der Waals surface area contributed by atoms with Crippen molar-refractivity contribution in [1.29, 1.82) is 0 Å². The normalized spacial score (nSPS) is 20.6. The predicted molar refractivity (Wildman–Crippen MR) is 81.9 cm³/mol. The van der Waals surface area contributed by atoms with Crippen LogP contribution in [-0.4, -0.2) is 77.9 Å². The van der Waals surface area contributed by atoms with Crippen molar-refractivity contribution in [3.05, 3.63) is 0 Å². The molecule has 1 aliphatic heterocycles.